The molecule has 0 aromatic carbocycles. The summed E-state index contributed by atoms with van der Waals surface area (Å²) in [6.45, 7) is 8.74. The predicted octanol–water partition coefficient (Wildman–Crippen LogP) is 1.85. The zero-order chi connectivity index (χ0) is 18.3. The second-order valence-electron chi connectivity index (χ2n) is 8.43. The summed E-state index contributed by atoms with van der Waals surface area (Å²) in [5, 5.41) is 18.8. The molecule has 0 radical (unpaired) electrons. The van der Waals surface area contributed by atoms with Crippen LogP contribution in [-0.2, 0) is 18.3 Å². The molecule has 1 aliphatic carbocycles. The third-order valence-corrected chi connectivity index (χ3v) is 5.26. The normalized spacial score (nSPS) is 17.1. The van der Waals surface area contributed by atoms with Gasteiger partial charge < -0.3 is 10.2 Å². The number of aryl methyl sites for hydroxylation is 2. The zero-order valence-corrected chi connectivity index (χ0v) is 15.7. The Hall–Kier alpha value is -2.44. The number of anilines is 1. The lowest BCUT2D eigenvalue weighted by Gasteiger charge is -2.40. The highest BCUT2D eigenvalue weighted by Gasteiger charge is 2.29. The highest BCUT2D eigenvalue weighted by atomic mass is 16.1. The molecule has 2 aromatic rings. The Balaban J connectivity index is 1.27. The van der Waals surface area contributed by atoms with Gasteiger partial charge in [-0.05, 0) is 37.0 Å². The van der Waals surface area contributed by atoms with E-state index in [0.717, 1.165) is 43.1 Å². The van der Waals surface area contributed by atoms with Crippen LogP contribution in [0.5, 0.6) is 0 Å². The van der Waals surface area contributed by atoms with Gasteiger partial charge in [-0.25, -0.2) is 0 Å². The maximum absolute atomic E-state index is 12.3. The summed E-state index contributed by atoms with van der Waals surface area (Å²) in [6, 6.07) is 4.02. The average molecular weight is 354 g/mol. The third-order valence-electron chi connectivity index (χ3n) is 5.26. The van der Waals surface area contributed by atoms with Crippen LogP contribution in [0, 0.1) is 5.92 Å². The number of amides is 1. The van der Waals surface area contributed by atoms with Crippen molar-refractivity contribution in [2.75, 3.05) is 24.5 Å². The van der Waals surface area contributed by atoms with Gasteiger partial charge in [-0.2, -0.15) is 10.2 Å². The van der Waals surface area contributed by atoms with Gasteiger partial charge in [0.1, 0.15) is 5.69 Å². The van der Waals surface area contributed by atoms with Crippen LogP contribution >= 0.6 is 0 Å². The minimum Gasteiger partial charge on any atom is -0.354 e. The highest BCUT2D eigenvalue weighted by molar-refractivity contribution is 5.92. The molecule has 138 valence electrons. The third kappa shape index (κ3) is 3.30. The van der Waals surface area contributed by atoms with Crippen LogP contribution in [0.3, 0.4) is 0 Å². The fraction of sp³-hybridized carbons (Fsp3) is 0.579. The van der Waals surface area contributed by atoms with Crippen molar-refractivity contribution in [1.82, 2.24) is 25.7 Å². The number of carbonyl (C=O) groups excluding carboxylic acids is 1. The van der Waals surface area contributed by atoms with Gasteiger partial charge in [0.05, 0.1) is 5.69 Å². The summed E-state index contributed by atoms with van der Waals surface area (Å²) >= 11 is 0. The van der Waals surface area contributed by atoms with Gasteiger partial charge >= 0.3 is 0 Å². The van der Waals surface area contributed by atoms with E-state index in [1.165, 1.54) is 12.0 Å². The fourth-order valence-corrected chi connectivity index (χ4v) is 3.51. The molecule has 0 spiro atoms. The van der Waals surface area contributed by atoms with Crippen molar-refractivity contribution in [2.45, 2.75) is 45.4 Å². The number of aromatic amines is 1. The largest absolute Gasteiger partial charge is 0.354 e. The molecule has 0 bridgehead atoms. The van der Waals surface area contributed by atoms with Gasteiger partial charge in [-0.1, -0.05) is 20.8 Å². The Bertz CT molecular complexity index is 816. The Labute approximate surface area is 153 Å². The number of aromatic nitrogens is 4. The molecule has 1 fully saturated rings. The predicted molar refractivity (Wildman–Crippen MR) is 99.4 cm³/mol. The molecule has 3 heterocycles. The molecule has 4 rings (SSSR count). The second-order valence-corrected chi connectivity index (χ2v) is 8.43. The molecule has 2 aliphatic rings. The summed E-state index contributed by atoms with van der Waals surface area (Å²) in [5.74, 6) is 1.29. The zero-order valence-electron chi connectivity index (χ0n) is 15.7. The molecule has 1 amide bonds. The molecule has 1 saturated heterocycles. The smallest absolute Gasteiger partial charge is 0.271 e. The van der Waals surface area contributed by atoms with Crippen LogP contribution in [0.2, 0.25) is 0 Å². The summed E-state index contributed by atoms with van der Waals surface area (Å²) in [4.78, 5) is 14.5. The van der Waals surface area contributed by atoms with E-state index in [9.17, 15) is 4.79 Å². The summed E-state index contributed by atoms with van der Waals surface area (Å²) < 4.78 is 0. The van der Waals surface area contributed by atoms with Gasteiger partial charge in [0.2, 0.25) is 0 Å². The number of nitrogens with one attached hydrogen (secondary N) is 2. The van der Waals surface area contributed by atoms with Crippen molar-refractivity contribution < 1.29 is 4.79 Å². The first-order valence-electron chi connectivity index (χ1n) is 9.34. The maximum Gasteiger partial charge on any atom is 0.271 e. The average Bonchev–Trinajstić information content (AvgIpc) is 3.21. The second kappa shape index (κ2) is 6.37. The van der Waals surface area contributed by atoms with Crippen molar-refractivity contribution in [1.29, 1.82) is 0 Å². The first-order valence-corrected chi connectivity index (χ1v) is 9.34. The van der Waals surface area contributed by atoms with Gasteiger partial charge in [-0.15, -0.1) is 5.10 Å². The van der Waals surface area contributed by atoms with E-state index in [1.54, 1.807) is 0 Å². The number of hydrogen-bond acceptors (Lipinski definition) is 5. The van der Waals surface area contributed by atoms with E-state index in [-0.39, 0.29) is 11.3 Å². The Morgan fingerprint density at radius 3 is 2.81 bits per heavy atom. The summed E-state index contributed by atoms with van der Waals surface area (Å²) in [7, 11) is 0. The van der Waals surface area contributed by atoms with Crippen molar-refractivity contribution in [3.8, 4) is 0 Å². The lowest BCUT2D eigenvalue weighted by Crippen LogP contribution is -2.52. The lowest BCUT2D eigenvalue weighted by molar-refractivity contribution is 0.0939. The van der Waals surface area contributed by atoms with Crippen LogP contribution in [0.1, 0.15) is 54.6 Å². The molecule has 7 heteroatoms. The topological polar surface area (TPSA) is 86.8 Å². The fourth-order valence-electron chi connectivity index (χ4n) is 3.51. The minimum absolute atomic E-state index is 0.0447. The Morgan fingerprint density at radius 1 is 1.27 bits per heavy atom. The van der Waals surface area contributed by atoms with E-state index in [2.05, 4.69) is 57.4 Å². The molecule has 1 aliphatic heterocycles. The molecule has 26 heavy (non-hydrogen) atoms. The molecule has 0 atom stereocenters. The first-order chi connectivity index (χ1) is 12.4. The summed E-state index contributed by atoms with van der Waals surface area (Å²) in [5.41, 5.74) is 3.88. The van der Waals surface area contributed by atoms with Crippen molar-refractivity contribution >= 4 is 11.7 Å². The molecule has 0 saturated carbocycles. The molecular weight excluding hydrogens is 328 g/mol. The van der Waals surface area contributed by atoms with E-state index >= 15 is 0 Å². The van der Waals surface area contributed by atoms with Crippen LogP contribution < -0.4 is 10.2 Å². The summed E-state index contributed by atoms with van der Waals surface area (Å²) in [6.07, 6.45) is 3.36. The van der Waals surface area contributed by atoms with E-state index in [1.807, 2.05) is 6.07 Å². The SMILES string of the molecule is CC(C)(C)c1cc(C(=O)NCC2CN(c3cc4c(nn3)CCC4)C2)n[nH]1. The molecule has 2 aromatic heterocycles. The first kappa shape index (κ1) is 17.0. The Kier molecular flexibility index (Phi) is 4.17. The number of nitrogens with zero attached hydrogens (tertiary/aromatic N) is 4. The molecule has 0 unspecified atom stereocenters. The molecular formula is C19H26N6O. The molecule has 7 nitrogen and oxygen atoms in total. The lowest BCUT2D eigenvalue weighted by atomic mass is 9.92. The van der Waals surface area contributed by atoms with Gasteiger partial charge in [0, 0.05) is 36.7 Å². The van der Waals surface area contributed by atoms with Crippen molar-refractivity contribution in [3.05, 3.63) is 34.8 Å². The van der Waals surface area contributed by atoms with Crippen LogP contribution in [-0.4, -0.2) is 45.9 Å². The standard InChI is InChI=1S/C19H26N6O/c1-19(2,3)16-8-15(22-23-16)18(26)20-9-12-10-25(11-12)17-7-13-5-4-6-14(13)21-24-17/h7-8,12H,4-6,9-11H2,1-3H3,(H,20,26)(H,22,23). The quantitative estimate of drug-likeness (QED) is 0.875. The van der Waals surface area contributed by atoms with E-state index < -0.39 is 0 Å². The van der Waals surface area contributed by atoms with Crippen molar-refractivity contribution in [3.63, 3.8) is 0 Å². The van der Waals surface area contributed by atoms with Crippen LogP contribution in [0.15, 0.2) is 12.1 Å². The minimum atomic E-state index is -0.118. The molecule has 2 N–H and O–H groups in total. The van der Waals surface area contributed by atoms with Gasteiger partial charge in [0.25, 0.3) is 5.91 Å². The number of rotatable bonds is 4. The van der Waals surface area contributed by atoms with E-state index in [0.29, 0.717) is 18.2 Å². The Morgan fingerprint density at radius 2 is 2.08 bits per heavy atom. The monoisotopic (exact) mass is 354 g/mol. The number of hydrogen-bond donors (Lipinski definition) is 2. The van der Waals surface area contributed by atoms with Crippen molar-refractivity contribution in [2.24, 2.45) is 5.92 Å². The van der Waals surface area contributed by atoms with Gasteiger partial charge in [-0.3, -0.25) is 9.89 Å². The number of H-pyrrole nitrogens is 1. The number of fused-ring (bicyclic) bond motifs is 1. The van der Waals surface area contributed by atoms with Crippen LogP contribution in [0.4, 0.5) is 5.82 Å². The number of carbonyl (C=O) groups is 1. The van der Waals surface area contributed by atoms with E-state index in [4.69, 9.17) is 0 Å². The maximum atomic E-state index is 12.3. The van der Waals surface area contributed by atoms with Crippen LogP contribution in [0.25, 0.3) is 0 Å². The van der Waals surface area contributed by atoms with Gasteiger partial charge in [0.15, 0.2) is 5.82 Å². The highest BCUT2D eigenvalue weighted by Crippen LogP contribution is 2.27.